The number of carbonyl (C=O) groups excluding carboxylic acids is 4. The Hall–Kier alpha value is -4.56. The first kappa shape index (κ1) is 25.1. The second-order valence-corrected chi connectivity index (χ2v) is 9.72. The van der Waals surface area contributed by atoms with Crippen LogP contribution in [0.1, 0.15) is 56.2 Å². The minimum atomic E-state index is -0.340. The van der Waals surface area contributed by atoms with E-state index in [1.165, 1.54) is 12.1 Å². The third kappa shape index (κ3) is 4.29. The predicted molar refractivity (Wildman–Crippen MR) is 134 cm³/mol. The molecule has 0 unspecified atom stereocenters. The zero-order valence-corrected chi connectivity index (χ0v) is 21.0. The van der Waals surface area contributed by atoms with Crippen molar-refractivity contribution in [2.75, 3.05) is 13.6 Å². The van der Waals surface area contributed by atoms with Crippen molar-refractivity contribution in [1.29, 1.82) is 0 Å². The number of rotatable bonds is 4. The van der Waals surface area contributed by atoms with Gasteiger partial charge in [-0.15, -0.1) is 0 Å². The van der Waals surface area contributed by atoms with E-state index < -0.39 is 0 Å². The average Bonchev–Trinajstić information content (AvgIpc) is 3.44. The fourth-order valence-corrected chi connectivity index (χ4v) is 5.34. The van der Waals surface area contributed by atoms with Crippen LogP contribution < -0.4 is 0 Å². The van der Waals surface area contributed by atoms with Gasteiger partial charge in [0.2, 0.25) is 0 Å². The molecule has 2 amide bonds. The monoisotopic (exact) mass is 515 g/mol. The molecule has 6 rings (SSSR count). The SMILES string of the molecule is Cc1cc(F)cc2[nH]c(C(=O)N3CCc4[nH]nc(C(=O)N(C)C5(c6ccccc6)CC5)c4C3)cc12.O=C=O. The number of carbonyl (C=O) groups is 2. The van der Waals surface area contributed by atoms with Gasteiger partial charge in [-0.05, 0) is 49.1 Å². The molecular weight excluding hydrogens is 489 g/mol. The quantitative estimate of drug-likeness (QED) is 0.429. The van der Waals surface area contributed by atoms with Crippen LogP contribution in [0.5, 0.6) is 0 Å². The average molecular weight is 516 g/mol. The highest BCUT2D eigenvalue weighted by atomic mass is 19.1. The van der Waals surface area contributed by atoms with E-state index in [1.54, 1.807) is 15.9 Å². The Labute approximate surface area is 217 Å². The van der Waals surface area contributed by atoms with Gasteiger partial charge in [-0.1, -0.05) is 30.3 Å². The number of fused-ring (bicyclic) bond motifs is 2. The highest BCUT2D eigenvalue weighted by Crippen LogP contribution is 2.50. The van der Waals surface area contributed by atoms with Crippen molar-refractivity contribution in [3.05, 3.63) is 88.1 Å². The van der Waals surface area contributed by atoms with E-state index in [4.69, 9.17) is 9.59 Å². The number of amides is 2. The summed E-state index contributed by atoms with van der Waals surface area (Å²) in [6, 6.07) is 14.7. The van der Waals surface area contributed by atoms with Crippen LogP contribution in [-0.4, -0.2) is 56.5 Å². The largest absolute Gasteiger partial charge is 0.373 e. The molecule has 0 atom stereocenters. The summed E-state index contributed by atoms with van der Waals surface area (Å²) in [6.45, 7) is 2.62. The van der Waals surface area contributed by atoms with Gasteiger partial charge in [0.1, 0.15) is 11.5 Å². The van der Waals surface area contributed by atoms with Crippen molar-refractivity contribution in [2.45, 2.75) is 38.3 Å². The summed E-state index contributed by atoms with van der Waals surface area (Å²) in [5, 5.41) is 8.22. The molecule has 2 aromatic carbocycles. The maximum absolute atomic E-state index is 13.8. The molecule has 194 valence electrons. The number of H-pyrrole nitrogens is 2. The molecule has 1 aliphatic heterocycles. The fourth-order valence-electron chi connectivity index (χ4n) is 5.34. The molecule has 1 saturated carbocycles. The number of halogens is 1. The van der Waals surface area contributed by atoms with E-state index in [9.17, 15) is 14.0 Å². The predicted octanol–water partition coefficient (Wildman–Crippen LogP) is 3.71. The lowest BCUT2D eigenvalue weighted by atomic mass is 10.0. The molecule has 10 heteroatoms. The summed E-state index contributed by atoms with van der Waals surface area (Å²) in [6.07, 6.45) is 2.66. The lowest BCUT2D eigenvalue weighted by Gasteiger charge is -2.30. The molecule has 4 aromatic rings. The highest BCUT2D eigenvalue weighted by molar-refractivity contribution is 5.99. The summed E-state index contributed by atoms with van der Waals surface area (Å²) < 4.78 is 13.8. The number of nitrogens with one attached hydrogen (secondary N) is 2. The second kappa shape index (κ2) is 9.72. The second-order valence-electron chi connectivity index (χ2n) is 9.72. The lowest BCUT2D eigenvalue weighted by Crippen LogP contribution is -2.39. The van der Waals surface area contributed by atoms with Crippen molar-refractivity contribution >= 4 is 28.9 Å². The molecule has 0 spiro atoms. The van der Waals surface area contributed by atoms with Gasteiger partial charge in [-0.3, -0.25) is 14.7 Å². The van der Waals surface area contributed by atoms with Crippen molar-refractivity contribution in [2.24, 2.45) is 0 Å². The lowest BCUT2D eigenvalue weighted by molar-refractivity contribution is -0.191. The molecule has 1 fully saturated rings. The van der Waals surface area contributed by atoms with Gasteiger partial charge in [-0.25, -0.2) is 4.39 Å². The van der Waals surface area contributed by atoms with Crippen LogP contribution in [0.3, 0.4) is 0 Å². The van der Waals surface area contributed by atoms with Gasteiger partial charge in [-0.2, -0.15) is 14.7 Å². The van der Waals surface area contributed by atoms with Crippen LogP contribution in [0.25, 0.3) is 10.9 Å². The highest BCUT2D eigenvalue weighted by Gasteiger charge is 2.50. The molecular formula is C28H26FN5O4. The topological polar surface area (TPSA) is 119 Å². The zero-order valence-electron chi connectivity index (χ0n) is 21.0. The Morgan fingerprint density at radius 1 is 1.13 bits per heavy atom. The molecule has 3 heterocycles. The molecule has 0 bridgehead atoms. The molecule has 38 heavy (non-hydrogen) atoms. The minimum absolute atomic E-state index is 0.144. The van der Waals surface area contributed by atoms with Gasteiger partial charge >= 0.3 is 6.15 Å². The van der Waals surface area contributed by atoms with E-state index in [1.807, 2.05) is 32.2 Å². The molecule has 2 N–H and O–H groups in total. The van der Waals surface area contributed by atoms with E-state index in [2.05, 4.69) is 27.3 Å². The molecule has 1 aliphatic carbocycles. The number of aromatic amines is 2. The summed E-state index contributed by atoms with van der Waals surface area (Å²) in [5.41, 5.74) is 4.64. The zero-order chi connectivity index (χ0) is 27.0. The molecule has 0 saturated heterocycles. The Morgan fingerprint density at radius 3 is 2.53 bits per heavy atom. The van der Waals surface area contributed by atoms with Gasteiger partial charge in [0.15, 0.2) is 5.69 Å². The van der Waals surface area contributed by atoms with Crippen LogP contribution in [0.4, 0.5) is 4.39 Å². The smallest absolute Gasteiger partial charge is 0.350 e. The Morgan fingerprint density at radius 2 is 1.84 bits per heavy atom. The Balaban J connectivity index is 0.000000937. The van der Waals surface area contributed by atoms with E-state index in [0.29, 0.717) is 36.4 Å². The first-order valence-corrected chi connectivity index (χ1v) is 12.3. The van der Waals surface area contributed by atoms with E-state index in [-0.39, 0.29) is 29.3 Å². The molecule has 9 nitrogen and oxygen atoms in total. The fraction of sp³-hybridized carbons (Fsp3) is 0.286. The number of aryl methyl sites for hydroxylation is 1. The van der Waals surface area contributed by atoms with Crippen molar-refractivity contribution in [3.8, 4) is 0 Å². The van der Waals surface area contributed by atoms with Gasteiger partial charge in [0.25, 0.3) is 11.8 Å². The Bertz CT molecular complexity index is 1560. The van der Waals surface area contributed by atoms with Gasteiger partial charge in [0, 0.05) is 42.2 Å². The summed E-state index contributed by atoms with van der Waals surface area (Å²) in [7, 11) is 1.83. The number of benzene rings is 2. The maximum atomic E-state index is 13.8. The third-order valence-electron chi connectivity index (χ3n) is 7.54. The summed E-state index contributed by atoms with van der Waals surface area (Å²) >= 11 is 0. The first-order valence-electron chi connectivity index (χ1n) is 12.3. The van der Waals surface area contributed by atoms with Crippen LogP contribution in [0.15, 0.2) is 48.5 Å². The standard InChI is InChI=1S/C27H26FN5O2.CO2/c1-16-12-18(28)13-22-19(16)14-23(29-22)25(34)33-11-8-21-20(15-33)24(31-30-21)26(35)32(2)27(9-10-27)17-6-4-3-5-7-17;2-1-3/h3-7,12-14,29H,8-11,15H2,1-2H3,(H,30,31);. The molecule has 2 aromatic heterocycles. The normalized spacial score (nSPS) is 15.2. The summed E-state index contributed by atoms with van der Waals surface area (Å²) in [4.78, 5) is 49.7. The first-order chi connectivity index (χ1) is 18.3. The van der Waals surface area contributed by atoms with Gasteiger partial charge in [0.05, 0.1) is 12.1 Å². The maximum Gasteiger partial charge on any atom is 0.373 e. The van der Waals surface area contributed by atoms with E-state index in [0.717, 1.165) is 40.6 Å². The summed E-state index contributed by atoms with van der Waals surface area (Å²) in [5.74, 6) is -0.662. The van der Waals surface area contributed by atoms with Crippen molar-refractivity contribution in [3.63, 3.8) is 0 Å². The number of hydrogen-bond donors (Lipinski definition) is 2. The number of aromatic nitrogens is 3. The molecule has 0 radical (unpaired) electrons. The Kier molecular flexibility index (Phi) is 6.42. The number of nitrogens with zero attached hydrogens (tertiary/aromatic N) is 3. The van der Waals surface area contributed by atoms with E-state index >= 15 is 0 Å². The van der Waals surface area contributed by atoms with Crippen LogP contribution in [0, 0.1) is 12.7 Å². The van der Waals surface area contributed by atoms with Crippen molar-refractivity contribution < 1.29 is 23.6 Å². The van der Waals surface area contributed by atoms with Crippen molar-refractivity contribution in [1.82, 2.24) is 25.0 Å². The van der Waals surface area contributed by atoms with Crippen LogP contribution in [0.2, 0.25) is 0 Å². The molecule has 2 aliphatic rings. The number of hydrogen-bond acceptors (Lipinski definition) is 5. The third-order valence-corrected chi connectivity index (χ3v) is 7.54. The van der Waals surface area contributed by atoms with Crippen LogP contribution in [-0.2, 0) is 28.1 Å². The minimum Gasteiger partial charge on any atom is -0.350 e. The van der Waals surface area contributed by atoms with Gasteiger partial charge < -0.3 is 14.8 Å². The van der Waals surface area contributed by atoms with Crippen LogP contribution >= 0.6 is 0 Å².